The third-order valence-corrected chi connectivity index (χ3v) is 5.21. The van der Waals surface area contributed by atoms with Crippen LogP contribution in [0.15, 0.2) is 60.7 Å². The van der Waals surface area contributed by atoms with Crippen LogP contribution in [0.5, 0.6) is 0 Å². The van der Waals surface area contributed by atoms with Gasteiger partial charge in [0.05, 0.1) is 0 Å². The number of fused-ring (bicyclic) bond motifs is 1. The van der Waals surface area contributed by atoms with Crippen LogP contribution in [0, 0.1) is 11.8 Å². The van der Waals surface area contributed by atoms with Crippen molar-refractivity contribution in [2.24, 2.45) is 11.8 Å². The first-order valence-corrected chi connectivity index (χ1v) is 8.32. The van der Waals surface area contributed by atoms with E-state index in [0.29, 0.717) is 0 Å². The highest BCUT2D eigenvalue weighted by Gasteiger charge is 2.57. The van der Waals surface area contributed by atoms with Gasteiger partial charge < -0.3 is 4.90 Å². The Bertz CT molecular complexity index is 557. The van der Waals surface area contributed by atoms with Crippen molar-refractivity contribution in [3.8, 4) is 0 Å². The molecule has 0 amide bonds. The lowest BCUT2D eigenvalue weighted by atomic mass is 10.1. The number of nitrogens with zero attached hydrogens (tertiary/aromatic N) is 2. The van der Waals surface area contributed by atoms with Gasteiger partial charge in [0.25, 0.3) is 0 Å². The maximum atomic E-state index is 2.70. The second-order valence-corrected chi connectivity index (χ2v) is 6.92. The summed E-state index contributed by atoms with van der Waals surface area (Å²) in [7, 11) is 2.25. The first kappa shape index (κ1) is 14.0. The molecule has 1 saturated carbocycles. The molecule has 1 unspecified atom stereocenters. The minimum absolute atomic E-state index is 0.775. The molecule has 2 fully saturated rings. The Kier molecular flexibility index (Phi) is 3.73. The number of benzene rings is 2. The topological polar surface area (TPSA) is 6.48 Å². The molecule has 2 heteroatoms. The van der Waals surface area contributed by atoms with Crippen molar-refractivity contribution in [1.29, 1.82) is 0 Å². The first-order valence-electron chi connectivity index (χ1n) is 8.32. The molecule has 3 atom stereocenters. The van der Waals surface area contributed by atoms with Crippen LogP contribution in [-0.2, 0) is 13.1 Å². The molecular formula is C20H24N2. The molecule has 4 rings (SSSR count). The fourth-order valence-corrected chi connectivity index (χ4v) is 4.15. The molecule has 2 nitrogen and oxygen atoms in total. The van der Waals surface area contributed by atoms with Gasteiger partial charge in [0.2, 0.25) is 0 Å². The Morgan fingerprint density at radius 1 is 0.818 bits per heavy atom. The van der Waals surface area contributed by atoms with E-state index in [0.717, 1.165) is 31.0 Å². The predicted molar refractivity (Wildman–Crippen MR) is 90.4 cm³/mol. The van der Waals surface area contributed by atoms with Crippen molar-refractivity contribution in [2.75, 3.05) is 20.1 Å². The molecule has 2 aromatic rings. The van der Waals surface area contributed by atoms with E-state index in [1.807, 2.05) is 0 Å². The van der Waals surface area contributed by atoms with Crippen LogP contribution in [0.1, 0.15) is 11.1 Å². The summed E-state index contributed by atoms with van der Waals surface area (Å²) in [5, 5.41) is 0. The van der Waals surface area contributed by atoms with Gasteiger partial charge in [-0.15, -0.1) is 0 Å². The Morgan fingerprint density at radius 2 is 1.27 bits per heavy atom. The van der Waals surface area contributed by atoms with Gasteiger partial charge in [-0.2, -0.15) is 0 Å². The lowest BCUT2D eigenvalue weighted by Crippen LogP contribution is -2.33. The number of hydrogen-bond donors (Lipinski definition) is 0. The van der Waals surface area contributed by atoms with E-state index in [9.17, 15) is 0 Å². The third-order valence-electron chi connectivity index (χ3n) is 5.21. The summed E-state index contributed by atoms with van der Waals surface area (Å²) in [5.74, 6) is 1.77. The average Bonchev–Trinajstić information content (AvgIpc) is 3.05. The maximum Gasteiger partial charge on any atom is 0.0240 e. The summed E-state index contributed by atoms with van der Waals surface area (Å²) in [6.07, 6.45) is 0. The van der Waals surface area contributed by atoms with Crippen LogP contribution < -0.4 is 0 Å². The van der Waals surface area contributed by atoms with Crippen molar-refractivity contribution in [3.05, 3.63) is 71.8 Å². The summed E-state index contributed by atoms with van der Waals surface area (Å²) in [5.41, 5.74) is 2.86. The van der Waals surface area contributed by atoms with Gasteiger partial charge in [-0.05, 0) is 30.0 Å². The van der Waals surface area contributed by atoms with Crippen LogP contribution in [-0.4, -0.2) is 36.0 Å². The van der Waals surface area contributed by atoms with Gasteiger partial charge >= 0.3 is 0 Å². The van der Waals surface area contributed by atoms with Gasteiger partial charge in [-0.25, -0.2) is 0 Å². The Hall–Kier alpha value is -1.64. The third kappa shape index (κ3) is 2.81. The summed E-state index contributed by atoms with van der Waals surface area (Å²) in [6, 6.07) is 22.6. The van der Waals surface area contributed by atoms with Crippen LogP contribution in [0.2, 0.25) is 0 Å². The zero-order valence-electron chi connectivity index (χ0n) is 13.2. The molecule has 0 radical (unpaired) electrons. The Labute approximate surface area is 133 Å². The zero-order valence-corrected chi connectivity index (χ0v) is 13.2. The molecular weight excluding hydrogens is 268 g/mol. The average molecular weight is 292 g/mol. The smallest absolute Gasteiger partial charge is 0.0240 e. The largest absolute Gasteiger partial charge is 0.306 e. The lowest BCUT2D eigenvalue weighted by molar-refractivity contribution is 0.196. The molecule has 1 aliphatic heterocycles. The second-order valence-electron chi connectivity index (χ2n) is 6.92. The first-order chi connectivity index (χ1) is 10.8. The van der Waals surface area contributed by atoms with Crippen molar-refractivity contribution >= 4 is 0 Å². The molecule has 2 aromatic carbocycles. The normalized spacial score (nSPS) is 27.1. The lowest BCUT2D eigenvalue weighted by Gasteiger charge is -2.26. The van der Waals surface area contributed by atoms with E-state index in [1.54, 1.807) is 0 Å². The minimum atomic E-state index is 0.775. The van der Waals surface area contributed by atoms with E-state index in [-0.39, 0.29) is 0 Å². The summed E-state index contributed by atoms with van der Waals surface area (Å²) in [6.45, 7) is 4.68. The van der Waals surface area contributed by atoms with Crippen LogP contribution in [0.25, 0.3) is 0 Å². The molecule has 0 bridgehead atoms. The van der Waals surface area contributed by atoms with Crippen molar-refractivity contribution in [3.63, 3.8) is 0 Å². The predicted octanol–water partition coefficient (Wildman–Crippen LogP) is 3.25. The highest BCUT2D eigenvalue weighted by molar-refractivity contribution is 5.20. The summed E-state index contributed by atoms with van der Waals surface area (Å²) < 4.78 is 0. The quantitative estimate of drug-likeness (QED) is 0.834. The Morgan fingerprint density at radius 3 is 1.73 bits per heavy atom. The molecule has 1 heterocycles. The highest BCUT2D eigenvalue weighted by Crippen LogP contribution is 2.49. The SMILES string of the molecule is CN1C[C@@H]2C(N(Cc3ccccc3)Cc3ccccc3)[C@@H]2C1. The van der Waals surface area contributed by atoms with Crippen molar-refractivity contribution in [1.82, 2.24) is 9.80 Å². The molecule has 22 heavy (non-hydrogen) atoms. The molecule has 0 aromatic heterocycles. The number of hydrogen-bond acceptors (Lipinski definition) is 2. The van der Waals surface area contributed by atoms with Crippen molar-refractivity contribution < 1.29 is 0 Å². The van der Waals surface area contributed by atoms with Gasteiger partial charge in [0.15, 0.2) is 0 Å². The standard InChI is InChI=1S/C20H24N2/c1-21-14-18-19(15-21)20(18)22(12-16-8-4-2-5-9-16)13-17-10-6-3-7-11-17/h2-11,18-20H,12-15H2,1H3/t18-,19+,20?. The van der Waals surface area contributed by atoms with E-state index in [1.165, 1.54) is 24.2 Å². The van der Waals surface area contributed by atoms with E-state index >= 15 is 0 Å². The number of likely N-dealkylation sites (tertiary alicyclic amines) is 1. The number of rotatable bonds is 5. The van der Waals surface area contributed by atoms with Crippen LogP contribution >= 0.6 is 0 Å². The number of piperidine rings is 1. The summed E-state index contributed by atoms with van der Waals surface area (Å²) >= 11 is 0. The monoisotopic (exact) mass is 292 g/mol. The van der Waals surface area contributed by atoms with Crippen LogP contribution in [0.3, 0.4) is 0 Å². The Balaban J connectivity index is 1.51. The molecule has 114 valence electrons. The van der Waals surface area contributed by atoms with Crippen LogP contribution in [0.4, 0.5) is 0 Å². The molecule has 2 aliphatic rings. The molecule has 0 spiro atoms. The fraction of sp³-hybridized carbons (Fsp3) is 0.400. The molecule has 0 N–H and O–H groups in total. The maximum absolute atomic E-state index is 2.70. The zero-order chi connectivity index (χ0) is 14.9. The summed E-state index contributed by atoms with van der Waals surface area (Å²) in [4.78, 5) is 5.18. The van der Waals surface area contributed by atoms with Crippen molar-refractivity contribution in [2.45, 2.75) is 19.1 Å². The molecule has 1 aliphatic carbocycles. The fourth-order valence-electron chi connectivity index (χ4n) is 4.15. The van der Waals surface area contributed by atoms with E-state index < -0.39 is 0 Å². The van der Waals surface area contributed by atoms with E-state index in [2.05, 4.69) is 77.5 Å². The highest BCUT2D eigenvalue weighted by atomic mass is 15.3. The van der Waals surface area contributed by atoms with Gasteiger partial charge in [0.1, 0.15) is 0 Å². The molecule has 1 saturated heterocycles. The van der Waals surface area contributed by atoms with Gasteiger partial charge in [-0.3, -0.25) is 4.90 Å². The second kappa shape index (κ2) is 5.86. The van der Waals surface area contributed by atoms with E-state index in [4.69, 9.17) is 0 Å². The van der Waals surface area contributed by atoms with Gasteiger partial charge in [0, 0.05) is 32.2 Å². The van der Waals surface area contributed by atoms with Gasteiger partial charge in [-0.1, -0.05) is 60.7 Å². The minimum Gasteiger partial charge on any atom is -0.306 e.